The maximum absolute atomic E-state index is 12.1. The van der Waals surface area contributed by atoms with Gasteiger partial charge in [-0.2, -0.15) is 5.10 Å². The predicted molar refractivity (Wildman–Crippen MR) is 78.9 cm³/mol. The molecule has 0 aliphatic carbocycles. The van der Waals surface area contributed by atoms with Crippen LogP contribution in [0.25, 0.3) is 10.6 Å². The van der Waals surface area contributed by atoms with E-state index >= 15 is 0 Å². The van der Waals surface area contributed by atoms with E-state index in [0.717, 1.165) is 33.3 Å². The van der Waals surface area contributed by atoms with E-state index in [9.17, 15) is 4.79 Å². The van der Waals surface area contributed by atoms with Gasteiger partial charge in [0.05, 0.1) is 20.3 Å². The van der Waals surface area contributed by atoms with Crippen LogP contribution in [0.4, 0.5) is 0 Å². The van der Waals surface area contributed by atoms with Crippen LogP contribution in [-0.4, -0.2) is 27.9 Å². The second-order valence-electron chi connectivity index (χ2n) is 4.72. The van der Waals surface area contributed by atoms with Crippen LogP contribution in [0.1, 0.15) is 29.8 Å². The van der Waals surface area contributed by atoms with Gasteiger partial charge in [0, 0.05) is 18.0 Å². The number of H-pyrrole nitrogens is 1. The average molecular weight is 293 g/mol. The molecule has 0 unspecified atom stereocenters. The molecule has 0 bridgehead atoms. The van der Waals surface area contributed by atoms with Crippen LogP contribution in [0.3, 0.4) is 0 Å². The second-order valence-corrected chi connectivity index (χ2v) is 7.58. The summed E-state index contributed by atoms with van der Waals surface area (Å²) in [5, 5.41) is 10.4. The molecule has 2 aromatic rings. The Balaban J connectivity index is 2.14. The van der Waals surface area contributed by atoms with E-state index < -0.39 is 0 Å². The first kappa shape index (κ1) is 12.7. The predicted octanol–water partition coefficient (Wildman–Crippen LogP) is 2.92. The number of nitrogens with one attached hydrogen (secondary N) is 2. The minimum Gasteiger partial charge on any atom is -0.352 e. The number of rotatable bonds is 3. The number of amides is 1. The summed E-state index contributed by atoms with van der Waals surface area (Å²) in [5.41, 5.74) is 3.05. The molecule has 100 valence electrons. The number of carbonyl (C=O) groups is 1. The highest BCUT2D eigenvalue weighted by molar-refractivity contribution is 8.01. The van der Waals surface area contributed by atoms with Crippen molar-refractivity contribution in [3.8, 4) is 10.6 Å². The molecule has 0 aromatic carbocycles. The summed E-state index contributed by atoms with van der Waals surface area (Å²) in [6, 6.07) is 1.96. The largest absolute Gasteiger partial charge is 0.352 e. The Kier molecular flexibility index (Phi) is 3.36. The Labute approximate surface area is 120 Å². The zero-order chi connectivity index (χ0) is 13.4. The Hall–Kier alpha value is -1.27. The molecule has 19 heavy (non-hydrogen) atoms. The first-order chi connectivity index (χ1) is 9.16. The molecule has 3 rings (SSSR count). The maximum Gasteiger partial charge on any atom is 0.253 e. The van der Waals surface area contributed by atoms with E-state index in [1.54, 1.807) is 29.3 Å². The Morgan fingerprint density at radius 1 is 1.47 bits per heavy atom. The molecule has 6 heteroatoms. The summed E-state index contributed by atoms with van der Waals surface area (Å²) in [4.78, 5) is 13.3. The number of nitrogens with zero attached hydrogens (tertiary/aromatic N) is 1. The van der Waals surface area contributed by atoms with Crippen molar-refractivity contribution in [3.63, 3.8) is 0 Å². The third-order valence-electron chi connectivity index (χ3n) is 2.95. The van der Waals surface area contributed by atoms with E-state index in [2.05, 4.69) is 29.4 Å². The highest BCUT2D eigenvalue weighted by atomic mass is 32.2. The van der Waals surface area contributed by atoms with Crippen molar-refractivity contribution in [2.75, 3.05) is 6.54 Å². The fraction of sp³-hybridized carbons (Fsp3) is 0.385. The molecule has 0 fully saturated rings. The highest BCUT2D eigenvalue weighted by Gasteiger charge is 2.28. The second kappa shape index (κ2) is 5.02. The van der Waals surface area contributed by atoms with Crippen LogP contribution in [0, 0.1) is 0 Å². The molecular weight excluding hydrogens is 278 g/mol. The Morgan fingerprint density at radius 2 is 2.32 bits per heavy atom. The van der Waals surface area contributed by atoms with Crippen molar-refractivity contribution in [3.05, 3.63) is 23.4 Å². The molecule has 3 heterocycles. The maximum atomic E-state index is 12.1. The zero-order valence-corrected chi connectivity index (χ0v) is 12.5. The van der Waals surface area contributed by atoms with Crippen molar-refractivity contribution in [2.45, 2.75) is 29.7 Å². The van der Waals surface area contributed by atoms with E-state index in [4.69, 9.17) is 0 Å². The van der Waals surface area contributed by atoms with Gasteiger partial charge in [-0.15, -0.1) is 23.1 Å². The summed E-state index contributed by atoms with van der Waals surface area (Å²) in [6.45, 7) is 5.01. The number of aromatic amines is 1. The summed E-state index contributed by atoms with van der Waals surface area (Å²) < 4.78 is 1.12. The zero-order valence-electron chi connectivity index (χ0n) is 10.8. The normalized spacial score (nSPS) is 14.6. The minimum absolute atomic E-state index is 0.0615. The Bertz CT molecular complexity index is 602. The lowest BCUT2D eigenvalue weighted by atomic mass is 10.0. The number of fused-ring (bicyclic) bond motifs is 1. The van der Waals surface area contributed by atoms with Crippen molar-refractivity contribution >= 4 is 29.0 Å². The summed E-state index contributed by atoms with van der Waals surface area (Å²) in [7, 11) is 0. The van der Waals surface area contributed by atoms with Gasteiger partial charge in [0.25, 0.3) is 5.91 Å². The van der Waals surface area contributed by atoms with Crippen LogP contribution in [0.2, 0.25) is 0 Å². The van der Waals surface area contributed by atoms with Crippen LogP contribution in [0.5, 0.6) is 0 Å². The number of thiophene rings is 1. The van der Waals surface area contributed by atoms with Gasteiger partial charge in [0.15, 0.2) is 0 Å². The van der Waals surface area contributed by atoms with Gasteiger partial charge >= 0.3 is 0 Å². The summed E-state index contributed by atoms with van der Waals surface area (Å²) in [5.74, 6) is 0.0615. The highest BCUT2D eigenvalue weighted by Crippen LogP contribution is 2.43. The third kappa shape index (κ3) is 2.30. The van der Waals surface area contributed by atoms with E-state index in [-0.39, 0.29) is 5.91 Å². The molecule has 0 atom stereocenters. The van der Waals surface area contributed by atoms with Gasteiger partial charge < -0.3 is 5.32 Å². The van der Waals surface area contributed by atoms with Gasteiger partial charge in [-0.1, -0.05) is 13.8 Å². The molecule has 1 aliphatic rings. The molecule has 0 spiro atoms. The van der Waals surface area contributed by atoms with Gasteiger partial charge in [-0.05, 0) is 18.1 Å². The SMILES string of the molecule is CC(C)Sc1sc(-c2ccn[nH]2)c2c1C(=O)NCC2. The Morgan fingerprint density at radius 3 is 3.00 bits per heavy atom. The fourth-order valence-corrected chi connectivity index (χ4v) is 5.03. The number of hydrogen-bond donors (Lipinski definition) is 2. The lowest BCUT2D eigenvalue weighted by Gasteiger charge is -2.15. The first-order valence-corrected chi connectivity index (χ1v) is 7.96. The van der Waals surface area contributed by atoms with Crippen LogP contribution < -0.4 is 5.32 Å². The first-order valence-electron chi connectivity index (χ1n) is 6.27. The van der Waals surface area contributed by atoms with Crippen molar-refractivity contribution in [1.82, 2.24) is 15.5 Å². The molecule has 1 amide bonds. The molecule has 1 aliphatic heterocycles. The molecule has 2 N–H and O–H groups in total. The topological polar surface area (TPSA) is 57.8 Å². The smallest absolute Gasteiger partial charge is 0.253 e. The lowest BCUT2D eigenvalue weighted by molar-refractivity contribution is 0.0944. The van der Waals surface area contributed by atoms with Gasteiger partial charge in [-0.25, -0.2) is 0 Å². The van der Waals surface area contributed by atoms with Gasteiger partial charge in [0.1, 0.15) is 0 Å². The van der Waals surface area contributed by atoms with Crippen molar-refractivity contribution in [1.29, 1.82) is 0 Å². The standard InChI is InChI=1S/C13H15N3OS2/c1-7(2)18-13-10-8(3-5-14-12(10)17)11(19-13)9-4-6-15-16-9/h4,6-7H,3,5H2,1-2H3,(H,14,17)(H,15,16). The summed E-state index contributed by atoms with van der Waals surface area (Å²) in [6.07, 6.45) is 2.64. The molecule has 0 saturated carbocycles. The minimum atomic E-state index is 0.0615. The molecule has 0 radical (unpaired) electrons. The van der Waals surface area contributed by atoms with Crippen molar-refractivity contribution < 1.29 is 4.79 Å². The van der Waals surface area contributed by atoms with E-state index in [0.29, 0.717) is 5.25 Å². The molecule has 0 saturated heterocycles. The van der Waals surface area contributed by atoms with Crippen LogP contribution >= 0.6 is 23.1 Å². The lowest BCUT2D eigenvalue weighted by Crippen LogP contribution is -2.31. The van der Waals surface area contributed by atoms with Gasteiger partial charge in [-0.3, -0.25) is 9.89 Å². The summed E-state index contributed by atoms with van der Waals surface area (Å²) >= 11 is 3.45. The van der Waals surface area contributed by atoms with Crippen molar-refractivity contribution in [2.24, 2.45) is 0 Å². The van der Waals surface area contributed by atoms with Crippen LogP contribution in [-0.2, 0) is 6.42 Å². The average Bonchev–Trinajstić information content (AvgIpc) is 2.96. The van der Waals surface area contributed by atoms with E-state index in [1.807, 2.05) is 6.07 Å². The third-order valence-corrected chi connectivity index (χ3v) is 5.44. The number of carbonyl (C=O) groups excluding carboxylic acids is 1. The molecule has 2 aromatic heterocycles. The number of thioether (sulfide) groups is 1. The monoisotopic (exact) mass is 293 g/mol. The fourth-order valence-electron chi connectivity index (χ4n) is 2.20. The van der Waals surface area contributed by atoms with Gasteiger partial charge in [0.2, 0.25) is 0 Å². The van der Waals surface area contributed by atoms with Crippen LogP contribution in [0.15, 0.2) is 16.5 Å². The number of aromatic nitrogens is 2. The van der Waals surface area contributed by atoms with E-state index in [1.165, 1.54) is 5.56 Å². The molecule has 4 nitrogen and oxygen atoms in total. The quantitative estimate of drug-likeness (QED) is 0.856. The molecular formula is C13H15N3OS2. The number of hydrogen-bond acceptors (Lipinski definition) is 4.